The molecule has 0 N–H and O–H groups in total. The molecule has 0 aliphatic rings. The number of hydrogen-bond acceptors (Lipinski definition) is 9. The van der Waals surface area contributed by atoms with Crippen molar-refractivity contribution in [3.05, 3.63) is 108 Å². The molecule has 4 rings (SSSR count). The first-order valence-electron chi connectivity index (χ1n) is 11.8. The van der Waals surface area contributed by atoms with E-state index in [1.165, 1.54) is 23.9 Å². The van der Waals surface area contributed by atoms with Crippen molar-refractivity contribution in [1.82, 2.24) is 14.8 Å². The Bertz CT molecular complexity index is 1480. The van der Waals surface area contributed by atoms with E-state index < -0.39 is 10.2 Å². The summed E-state index contributed by atoms with van der Waals surface area (Å²) >= 11 is 4.74. The smallest absolute Gasteiger partial charge is 0.269 e. The number of rotatable bonds is 12. The number of halogens is 1. The van der Waals surface area contributed by atoms with Gasteiger partial charge in [0.25, 0.3) is 5.69 Å². The molecule has 13 heteroatoms. The maximum absolute atomic E-state index is 11.6. The van der Waals surface area contributed by atoms with E-state index in [1.54, 1.807) is 30.3 Å². The molecular weight excluding hydrogens is 590 g/mol. The van der Waals surface area contributed by atoms with Crippen LogP contribution in [0.4, 0.5) is 5.69 Å². The third kappa shape index (κ3) is 7.12. The van der Waals surface area contributed by atoms with Crippen LogP contribution in [0.25, 0.3) is 5.69 Å². The van der Waals surface area contributed by atoms with Gasteiger partial charge in [0.1, 0.15) is 29.2 Å². The predicted octanol–water partition coefficient (Wildman–Crippen LogP) is 6.33. The minimum absolute atomic E-state index is 0.0153. The standard InChI is InChI=1S/C26H24BrN5O6S/c1-3-37-22-10-8-20(9-11-22)31-17(2)28-29-26(31)39-25(15-30(33)34)19-7-12-24(23(27)14-19)38-16-18-5-4-6-21(13-18)32(35)36/h4-14,25H,3,15-16H2,1-2H3/t25-/m0/s1. The monoisotopic (exact) mass is 613 g/mol. The molecule has 0 saturated heterocycles. The Morgan fingerprint density at radius 1 is 1.03 bits per heavy atom. The molecular formula is C26H24BrN5O6S. The van der Waals surface area contributed by atoms with Gasteiger partial charge in [0.2, 0.25) is 6.54 Å². The van der Waals surface area contributed by atoms with Crippen molar-refractivity contribution in [2.24, 2.45) is 0 Å². The normalized spacial score (nSPS) is 11.7. The van der Waals surface area contributed by atoms with Crippen molar-refractivity contribution in [2.45, 2.75) is 30.9 Å². The fourth-order valence-electron chi connectivity index (χ4n) is 3.80. The first kappa shape index (κ1) is 28.0. The Balaban J connectivity index is 1.55. The molecule has 1 aromatic heterocycles. The second-order valence-corrected chi connectivity index (χ2v) is 10.3. The molecule has 3 aromatic carbocycles. The van der Waals surface area contributed by atoms with Crippen LogP contribution in [0, 0.1) is 27.2 Å². The summed E-state index contributed by atoms with van der Waals surface area (Å²) in [5, 5.41) is 31.0. The Hall–Kier alpha value is -3.97. The van der Waals surface area contributed by atoms with E-state index in [9.17, 15) is 20.2 Å². The maximum Gasteiger partial charge on any atom is 0.269 e. The molecule has 0 saturated carbocycles. The first-order valence-corrected chi connectivity index (χ1v) is 13.5. The molecule has 0 radical (unpaired) electrons. The summed E-state index contributed by atoms with van der Waals surface area (Å²) in [5.74, 6) is 1.89. The molecule has 1 atom stereocenters. The van der Waals surface area contributed by atoms with Crippen LogP contribution in [-0.4, -0.2) is 37.8 Å². The van der Waals surface area contributed by atoms with Gasteiger partial charge in [0.05, 0.1) is 16.0 Å². The van der Waals surface area contributed by atoms with Crippen LogP contribution in [0.2, 0.25) is 0 Å². The summed E-state index contributed by atoms with van der Waals surface area (Å²) in [5.41, 5.74) is 2.14. The Morgan fingerprint density at radius 2 is 1.79 bits per heavy atom. The summed E-state index contributed by atoms with van der Waals surface area (Å²) in [7, 11) is 0. The van der Waals surface area contributed by atoms with Crippen molar-refractivity contribution < 1.29 is 19.3 Å². The number of ether oxygens (including phenoxy) is 2. The summed E-state index contributed by atoms with van der Waals surface area (Å²) < 4.78 is 13.8. The summed E-state index contributed by atoms with van der Waals surface area (Å²) in [6, 6.07) is 18.9. The van der Waals surface area contributed by atoms with Crippen LogP contribution in [0.1, 0.15) is 29.1 Å². The van der Waals surface area contributed by atoms with Crippen molar-refractivity contribution in [2.75, 3.05) is 13.2 Å². The van der Waals surface area contributed by atoms with Gasteiger partial charge in [0, 0.05) is 22.7 Å². The SMILES string of the molecule is CCOc1ccc(-n2c(C)nnc2S[C@@H](C[N+](=O)[O-])c2ccc(OCc3cccc([N+](=O)[O-])c3)c(Br)c2)cc1. The number of aromatic nitrogens is 3. The van der Waals surface area contributed by atoms with Gasteiger partial charge in [-0.2, -0.15) is 0 Å². The van der Waals surface area contributed by atoms with E-state index in [-0.39, 0.29) is 23.8 Å². The summed E-state index contributed by atoms with van der Waals surface area (Å²) in [6.45, 7) is 4.08. The number of nitrogens with zero attached hydrogens (tertiary/aromatic N) is 5. The van der Waals surface area contributed by atoms with E-state index in [4.69, 9.17) is 9.47 Å². The second-order valence-electron chi connectivity index (χ2n) is 8.32. The van der Waals surface area contributed by atoms with Gasteiger partial charge in [-0.1, -0.05) is 30.0 Å². The molecule has 0 bridgehead atoms. The van der Waals surface area contributed by atoms with E-state index in [2.05, 4.69) is 26.1 Å². The molecule has 0 aliphatic carbocycles. The quantitative estimate of drug-likeness (QED) is 0.102. The number of non-ortho nitro benzene ring substituents is 1. The van der Waals surface area contributed by atoms with Gasteiger partial charge in [-0.25, -0.2) is 0 Å². The van der Waals surface area contributed by atoms with Crippen LogP contribution < -0.4 is 9.47 Å². The molecule has 11 nitrogen and oxygen atoms in total. The van der Waals surface area contributed by atoms with E-state index in [0.717, 1.165) is 11.4 Å². The topological polar surface area (TPSA) is 135 Å². The highest BCUT2D eigenvalue weighted by atomic mass is 79.9. The summed E-state index contributed by atoms with van der Waals surface area (Å²) in [6.07, 6.45) is 0. The van der Waals surface area contributed by atoms with Crippen molar-refractivity contribution in [1.29, 1.82) is 0 Å². The average molecular weight is 614 g/mol. The van der Waals surface area contributed by atoms with Crippen molar-refractivity contribution in [3.8, 4) is 17.2 Å². The van der Waals surface area contributed by atoms with Gasteiger partial charge in [-0.15, -0.1) is 10.2 Å². The van der Waals surface area contributed by atoms with Crippen LogP contribution in [0.15, 0.2) is 76.4 Å². The molecule has 39 heavy (non-hydrogen) atoms. The third-order valence-electron chi connectivity index (χ3n) is 5.61. The van der Waals surface area contributed by atoms with Crippen molar-refractivity contribution in [3.63, 3.8) is 0 Å². The van der Waals surface area contributed by atoms with E-state index in [1.807, 2.05) is 42.7 Å². The van der Waals surface area contributed by atoms with Gasteiger partial charge in [0.15, 0.2) is 5.16 Å². The zero-order valence-electron chi connectivity index (χ0n) is 21.0. The molecule has 0 unspecified atom stereocenters. The van der Waals surface area contributed by atoms with Crippen LogP contribution in [0.3, 0.4) is 0 Å². The largest absolute Gasteiger partial charge is 0.494 e. The highest BCUT2D eigenvalue weighted by Gasteiger charge is 2.24. The number of nitro benzene ring substituents is 1. The second kappa shape index (κ2) is 12.7. The van der Waals surface area contributed by atoms with Gasteiger partial charge in [-0.3, -0.25) is 24.8 Å². The number of aryl methyl sites for hydroxylation is 1. The number of thioether (sulfide) groups is 1. The molecule has 4 aromatic rings. The highest BCUT2D eigenvalue weighted by molar-refractivity contribution is 9.10. The predicted molar refractivity (Wildman–Crippen MR) is 149 cm³/mol. The molecule has 0 fully saturated rings. The molecule has 0 amide bonds. The van der Waals surface area contributed by atoms with Crippen LogP contribution >= 0.6 is 27.7 Å². The Labute approximate surface area is 236 Å². The molecule has 1 heterocycles. The first-order chi connectivity index (χ1) is 18.7. The van der Waals surface area contributed by atoms with Crippen LogP contribution in [0.5, 0.6) is 11.5 Å². The zero-order chi connectivity index (χ0) is 27.9. The third-order valence-corrected chi connectivity index (χ3v) is 7.41. The van der Waals surface area contributed by atoms with E-state index >= 15 is 0 Å². The minimum Gasteiger partial charge on any atom is -0.494 e. The number of nitro groups is 2. The number of benzene rings is 3. The summed E-state index contributed by atoms with van der Waals surface area (Å²) in [4.78, 5) is 21.8. The molecule has 0 spiro atoms. The maximum atomic E-state index is 11.6. The van der Waals surface area contributed by atoms with Gasteiger partial charge >= 0.3 is 0 Å². The van der Waals surface area contributed by atoms with Crippen molar-refractivity contribution >= 4 is 33.4 Å². The Kier molecular flexibility index (Phi) is 9.15. The lowest BCUT2D eigenvalue weighted by Crippen LogP contribution is -2.11. The average Bonchev–Trinajstić information content (AvgIpc) is 3.27. The fraction of sp³-hybridized carbons (Fsp3) is 0.231. The lowest BCUT2D eigenvalue weighted by molar-refractivity contribution is -0.479. The zero-order valence-corrected chi connectivity index (χ0v) is 23.4. The van der Waals surface area contributed by atoms with Gasteiger partial charge < -0.3 is 9.47 Å². The number of hydrogen-bond donors (Lipinski definition) is 0. The fourth-order valence-corrected chi connectivity index (χ4v) is 5.48. The highest BCUT2D eigenvalue weighted by Crippen LogP contribution is 2.39. The van der Waals surface area contributed by atoms with E-state index in [0.29, 0.717) is 38.9 Å². The lowest BCUT2D eigenvalue weighted by Gasteiger charge is -2.16. The van der Waals surface area contributed by atoms with Gasteiger partial charge in [-0.05, 0) is 77.3 Å². The van der Waals surface area contributed by atoms with Crippen LogP contribution in [-0.2, 0) is 6.61 Å². The minimum atomic E-state index is -0.563. The molecule has 202 valence electrons. The Morgan fingerprint density at radius 3 is 2.46 bits per heavy atom. The molecule has 0 aliphatic heterocycles. The lowest BCUT2D eigenvalue weighted by atomic mass is 10.1.